The number of rotatable bonds is 6. The largest absolute Gasteiger partial charge is 0.444 e. The maximum atomic E-state index is 14.0. The lowest BCUT2D eigenvalue weighted by Gasteiger charge is -2.31. The number of amides is 3. The summed E-state index contributed by atoms with van der Waals surface area (Å²) in [7, 11) is 0. The van der Waals surface area contributed by atoms with Crippen LogP contribution in [0.2, 0.25) is 5.02 Å². The van der Waals surface area contributed by atoms with Crippen LogP contribution in [0.3, 0.4) is 0 Å². The van der Waals surface area contributed by atoms with Crippen LogP contribution in [0.25, 0.3) is 16.5 Å². The number of halogens is 4. The normalized spacial score (nSPS) is 20.8. The molecule has 0 radical (unpaired) electrons. The number of carbonyl (C=O) groups is 3. The minimum Gasteiger partial charge on any atom is -0.444 e. The number of benzene rings is 2. The number of aromatic nitrogens is 2. The van der Waals surface area contributed by atoms with E-state index in [1.165, 1.54) is 17.0 Å². The van der Waals surface area contributed by atoms with Gasteiger partial charge in [0.25, 0.3) is 11.1 Å². The molecule has 1 aliphatic carbocycles. The first-order valence-electron chi connectivity index (χ1n) is 14.2. The van der Waals surface area contributed by atoms with Gasteiger partial charge in [-0.2, -0.15) is 18.3 Å². The van der Waals surface area contributed by atoms with Crippen molar-refractivity contribution in [1.29, 1.82) is 0 Å². The standard InChI is InChI=1S/C31H32ClF3N4O4S/c1-30(2,3)43-28(41)37-22-9-4-17(5-10-22)16-39-27(40)26(44-29(39)42)23(18-7-11-25-20(12-18)15-36-38-25)13-19-6-8-21(32)14-24(19)31(33,34)35/h6-8,11-12,14-15,17,22H,4-5,9-10,13,16H2,1-3H3,(H,36,38)(H,37,41)/t17-,22-. The molecule has 2 aromatic carbocycles. The van der Waals surface area contributed by atoms with Crippen LogP contribution in [-0.4, -0.2) is 50.5 Å². The summed E-state index contributed by atoms with van der Waals surface area (Å²) in [5.74, 6) is -0.503. The highest BCUT2D eigenvalue weighted by molar-refractivity contribution is 8.18. The molecule has 2 heterocycles. The quantitative estimate of drug-likeness (QED) is 0.263. The number of aromatic amines is 1. The SMILES string of the molecule is CC(C)(C)OC(=O)N[C@H]1CC[C@H](CN2C(=O)SC(=C(Cc3ccc(Cl)cc3C(F)(F)F)c3ccc4[nH]ncc4c3)C2=O)CC1. The van der Waals surface area contributed by atoms with Crippen molar-refractivity contribution in [3.63, 3.8) is 0 Å². The van der Waals surface area contributed by atoms with E-state index in [2.05, 4.69) is 15.5 Å². The number of imide groups is 1. The number of alkyl halides is 3. The number of allylic oxidation sites excluding steroid dienone is 1. The second-order valence-corrected chi connectivity index (χ2v) is 13.5. The summed E-state index contributed by atoms with van der Waals surface area (Å²) in [4.78, 5) is 40.4. The summed E-state index contributed by atoms with van der Waals surface area (Å²) in [5, 5.41) is 9.92. The van der Waals surface area contributed by atoms with Crippen LogP contribution in [0.15, 0.2) is 47.5 Å². The van der Waals surface area contributed by atoms with Crippen LogP contribution >= 0.6 is 23.4 Å². The number of H-pyrrole nitrogens is 1. The van der Waals surface area contributed by atoms with E-state index < -0.39 is 34.6 Å². The zero-order valence-electron chi connectivity index (χ0n) is 24.4. The molecule has 2 fully saturated rings. The molecule has 3 aromatic rings. The first-order chi connectivity index (χ1) is 20.7. The van der Waals surface area contributed by atoms with Crippen LogP contribution in [0, 0.1) is 5.92 Å². The third-order valence-electron chi connectivity index (χ3n) is 7.66. The Kier molecular flexibility index (Phi) is 9.04. The number of nitrogens with zero attached hydrogens (tertiary/aromatic N) is 2. The van der Waals surface area contributed by atoms with Gasteiger partial charge < -0.3 is 10.1 Å². The molecule has 8 nitrogen and oxygen atoms in total. The van der Waals surface area contributed by atoms with Gasteiger partial charge >= 0.3 is 12.3 Å². The molecule has 0 atom stereocenters. The molecular weight excluding hydrogens is 617 g/mol. The first-order valence-corrected chi connectivity index (χ1v) is 15.4. The van der Waals surface area contributed by atoms with Gasteiger partial charge in [-0.3, -0.25) is 19.6 Å². The number of hydrogen-bond donors (Lipinski definition) is 2. The minimum absolute atomic E-state index is 0.0263. The van der Waals surface area contributed by atoms with E-state index in [-0.39, 0.29) is 40.4 Å². The summed E-state index contributed by atoms with van der Waals surface area (Å²) >= 11 is 6.65. The van der Waals surface area contributed by atoms with Crippen molar-refractivity contribution in [2.45, 2.75) is 70.7 Å². The maximum Gasteiger partial charge on any atom is 0.416 e. The van der Waals surface area contributed by atoms with E-state index in [0.717, 1.165) is 23.3 Å². The average molecular weight is 649 g/mol. The monoisotopic (exact) mass is 648 g/mol. The average Bonchev–Trinajstić information content (AvgIpc) is 3.51. The van der Waals surface area contributed by atoms with Crippen molar-refractivity contribution in [2.24, 2.45) is 5.92 Å². The highest BCUT2D eigenvalue weighted by Crippen LogP contribution is 2.42. The predicted octanol–water partition coefficient (Wildman–Crippen LogP) is 7.97. The second-order valence-electron chi connectivity index (χ2n) is 12.1. The van der Waals surface area contributed by atoms with Crippen LogP contribution < -0.4 is 5.32 Å². The molecule has 234 valence electrons. The van der Waals surface area contributed by atoms with Gasteiger partial charge in [-0.15, -0.1) is 0 Å². The fourth-order valence-corrected chi connectivity index (χ4v) is 6.69. The highest BCUT2D eigenvalue weighted by atomic mass is 35.5. The number of nitrogens with one attached hydrogen (secondary N) is 2. The number of thioether (sulfide) groups is 1. The zero-order valence-corrected chi connectivity index (χ0v) is 26.0. The molecule has 1 aromatic heterocycles. The smallest absolute Gasteiger partial charge is 0.416 e. The molecule has 0 bridgehead atoms. The first kappa shape index (κ1) is 31.9. The summed E-state index contributed by atoms with van der Waals surface area (Å²) in [6.07, 6.45) is -1.10. The number of carbonyl (C=O) groups excluding carboxylic acids is 3. The Labute approximate surface area is 261 Å². The predicted molar refractivity (Wildman–Crippen MR) is 163 cm³/mol. The van der Waals surface area contributed by atoms with E-state index in [1.807, 2.05) is 0 Å². The fraction of sp³-hybridized carbons (Fsp3) is 0.419. The van der Waals surface area contributed by atoms with Gasteiger partial charge in [-0.25, -0.2) is 4.79 Å². The van der Waals surface area contributed by atoms with Crippen molar-refractivity contribution in [1.82, 2.24) is 20.4 Å². The fourth-order valence-electron chi connectivity index (χ4n) is 5.56. The molecule has 1 aliphatic heterocycles. The lowest BCUT2D eigenvalue weighted by molar-refractivity contribution is -0.138. The molecule has 0 unspecified atom stereocenters. The summed E-state index contributed by atoms with van der Waals surface area (Å²) in [6.45, 7) is 5.57. The summed E-state index contributed by atoms with van der Waals surface area (Å²) < 4.78 is 47.4. The van der Waals surface area contributed by atoms with Gasteiger partial charge in [0, 0.05) is 23.0 Å². The molecular formula is C31H32ClF3N4O4S. The number of fused-ring (bicyclic) bond motifs is 1. The van der Waals surface area contributed by atoms with Crippen LogP contribution in [-0.2, 0) is 22.1 Å². The van der Waals surface area contributed by atoms with E-state index in [4.69, 9.17) is 16.3 Å². The Bertz CT molecular complexity index is 1620. The topological polar surface area (TPSA) is 104 Å². The van der Waals surface area contributed by atoms with Crippen molar-refractivity contribution < 1.29 is 32.3 Å². The number of alkyl carbamates (subject to hydrolysis) is 1. The molecule has 2 N–H and O–H groups in total. The second kappa shape index (κ2) is 12.5. The number of hydrogen-bond acceptors (Lipinski definition) is 6. The van der Waals surface area contributed by atoms with Gasteiger partial charge in [0.1, 0.15) is 5.60 Å². The van der Waals surface area contributed by atoms with E-state index >= 15 is 0 Å². The van der Waals surface area contributed by atoms with Crippen molar-refractivity contribution >= 4 is 57.1 Å². The molecule has 0 spiro atoms. The summed E-state index contributed by atoms with van der Waals surface area (Å²) in [5.41, 5.74) is -0.0144. The van der Waals surface area contributed by atoms with Gasteiger partial charge in [0.15, 0.2) is 0 Å². The molecule has 1 saturated heterocycles. The number of ether oxygens (including phenoxy) is 1. The van der Waals surface area contributed by atoms with E-state index in [9.17, 15) is 27.6 Å². The van der Waals surface area contributed by atoms with E-state index in [1.54, 1.807) is 45.2 Å². The van der Waals surface area contributed by atoms with Gasteiger partial charge in [0.05, 0.1) is 22.2 Å². The van der Waals surface area contributed by atoms with Gasteiger partial charge in [0.2, 0.25) is 0 Å². The minimum atomic E-state index is -4.67. The van der Waals surface area contributed by atoms with Crippen LogP contribution in [0.1, 0.15) is 63.1 Å². The van der Waals surface area contributed by atoms with Crippen LogP contribution in [0.4, 0.5) is 22.8 Å². The molecule has 2 aliphatic rings. The Morgan fingerprint density at radius 2 is 1.84 bits per heavy atom. The third-order valence-corrected chi connectivity index (χ3v) is 8.92. The lowest BCUT2D eigenvalue weighted by atomic mass is 9.85. The zero-order chi connectivity index (χ0) is 31.8. The van der Waals surface area contributed by atoms with Crippen molar-refractivity contribution in [3.05, 3.63) is 69.2 Å². The van der Waals surface area contributed by atoms with E-state index in [0.29, 0.717) is 42.2 Å². The Morgan fingerprint density at radius 3 is 2.52 bits per heavy atom. The van der Waals surface area contributed by atoms with Crippen molar-refractivity contribution in [3.8, 4) is 0 Å². The molecule has 3 amide bonds. The lowest BCUT2D eigenvalue weighted by Crippen LogP contribution is -2.42. The Hall–Kier alpha value is -3.51. The Balaban J connectivity index is 1.39. The van der Waals surface area contributed by atoms with Gasteiger partial charge in [-0.05, 0) is 112 Å². The maximum absolute atomic E-state index is 14.0. The summed E-state index contributed by atoms with van der Waals surface area (Å²) in [6, 6.07) is 8.66. The Morgan fingerprint density at radius 1 is 1.11 bits per heavy atom. The third kappa shape index (κ3) is 7.40. The molecule has 5 rings (SSSR count). The highest BCUT2D eigenvalue weighted by Gasteiger charge is 2.40. The van der Waals surface area contributed by atoms with Crippen molar-refractivity contribution in [2.75, 3.05) is 6.54 Å². The molecule has 13 heteroatoms. The van der Waals surface area contributed by atoms with Crippen LogP contribution in [0.5, 0.6) is 0 Å². The molecule has 1 saturated carbocycles. The van der Waals surface area contributed by atoms with Gasteiger partial charge in [-0.1, -0.05) is 23.7 Å². The molecule has 44 heavy (non-hydrogen) atoms.